The number of hydrogen-bond donors (Lipinski definition) is 1. The highest BCUT2D eigenvalue weighted by Gasteiger charge is 2.20. The van der Waals surface area contributed by atoms with Crippen molar-refractivity contribution in [2.24, 2.45) is 0 Å². The summed E-state index contributed by atoms with van der Waals surface area (Å²) in [5, 5.41) is 2.58. The SMILES string of the molecule is Cc1cccc(C(=O)C(=O)c2ccc3ncc(OCCNC(=O)OC(C)(C)C)nc3c2)n1. The van der Waals surface area contributed by atoms with Crippen LogP contribution in [0.1, 0.15) is 47.3 Å². The second-order valence-corrected chi connectivity index (χ2v) is 8.01. The van der Waals surface area contributed by atoms with Crippen molar-refractivity contribution < 1.29 is 23.9 Å². The lowest BCUT2D eigenvalue weighted by molar-refractivity contribution is 0.0519. The molecule has 0 spiro atoms. The number of rotatable bonds is 7. The Bertz CT molecular complexity index is 1170. The molecule has 1 aromatic carbocycles. The van der Waals surface area contributed by atoms with Gasteiger partial charge >= 0.3 is 6.09 Å². The van der Waals surface area contributed by atoms with Gasteiger partial charge in [-0.1, -0.05) is 6.07 Å². The van der Waals surface area contributed by atoms with Gasteiger partial charge in [-0.3, -0.25) is 9.59 Å². The van der Waals surface area contributed by atoms with Gasteiger partial charge in [-0.25, -0.2) is 19.7 Å². The number of amides is 1. The van der Waals surface area contributed by atoms with Crippen molar-refractivity contribution in [1.29, 1.82) is 0 Å². The maximum atomic E-state index is 12.6. The predicted octanol–water partition coefficient (Wildman–Crippen LogP) is 3.30. The zero-order valence-electron chi connectivity index (χ0n) is 18.3. The Labute approximate surface area is 185 Å². The Kier molecular flexibility index (Phi) is 6.77. The number of fused-ring (bicyclic) bond motifs is 1. The number of hydrogen-bond acceptors (Lipinski definition) is 8. The predicted molar refractivity (Wildman–Crippen MR) is 117 cm³/mol. The molecule has 9 heteroatoms. The molecule has 0 radical (unpaired) electrons. The molecule has 2 heterocycles. The highest BCUT2D eigenvalue weighted by Crippen LogP contribution is 2.17. The van der Waals surface area contributed by atoms with E-state index in [1.165, 1.54) is 24.4 Å². The Hall–Kier alpha value is -3.88. The number of Topliss-reactive ketones (excluding diaryl/α,β-unsaturated/α-hetero) is 2. The van der Waals surface area contributed by atoms with Gasteiger partial charge in [-0.05, 0) is 58.0 Å². The molecule has 0 saturated carbocycles. The smallest absolute Gasteiger partial charge is 0.407 e. The molecular weight excluding hydrogens is 412 g/mol. The first kappa shape index (κ1) is 22.8. The quantitative estimate of drug-likeness (QED) is 0.340. The number of nitrogens with zero attached hydrogens (tertiary/aromatic N) is 3. The molecule has 166 valence electrons. The van der Waals surface area contributed by atoms with E-state index in [9.17, 15) is 14.4 Å². The Morgan fingerprint density at radius 2 is 1.78 bits per heavy atom. The number of aromatic nitrogens is 3. The third-order valence-corrected chi connectivity index (χ3v) is 4.13. The van der Waals surface area contributed by atoms with Crippen molar-refractivity contribution >= 4 is 28.7 Å². The molecule has 3 aromatic rings. The molecule has 2 aromatic heterocycles. The summed E-state index contributed by atoms with van der Waals surface area (Å²) in [5.41, 5.74) is 1.29. The van der Waals surface area contributed by atoms with Crippen LogP contribution >= 0.6 is 0 Å². The van der Waals surface area contributed by atoms with E-state index in [0.29, 0.717) is 16.7 Å². The largest absolute Gasteiger partial charge is 0.475 e. The van der Waals surface area contributed by atoms with Gasteiger partial charge in [0.15, 0.2) is 0 Å². The monoisotopic (exact) mass is 436 g/mol. The summed E-state index contributed by atoms with van der Waals surface area (Å²) in [6.07, 6.45) is 0.903. The molecule has 0 aliphatic carbocycles. The summed E-state index contributed by atoms with van der Waals surface area (Å²) < 4.78 is 10.7. The first-order chi connectivity index (χ1) is 15.1. The van der Waals surface area contributed by atoms with Crippen LogP contribution < -0.4 is 10.1 Å². The third kappa shape index (κ3) is 6.07. The fraction of sp³-hybridized carbons (Fsp3) is 0.304. The summed E-state index contributed by atoms with van der Waals surface area (Å²) in [6.45, 7) is 7.44. The highest BCUT2D eigenvalue weighted by molar-refractivity contribution is 6.49. The van der Waals surface area contributed by atoms with Crippen molar-refractivity contribution in [2.45, 2.75) is 33.3 Å². The highest BCUT2D eigenvalue weighted by atomic mass is 16.6. The molecule has 0 aliphatic rings. The van der Waals surface area contributed by atoms with Crippen LogP contribution in [0.15, 0.2) is 42.6 Å². The molecule has 0 atom stereocenters. The fourth-order valence-corrected chi connectivity index (χ4v) is 2.75. The summed E-state index contributed by atoms with van der Waals surface area (Å²) in [5.74, 6) is -1.15. The van der Waals surface area contributed by atoms with Crippen LogP contribution in [0, 0.1) is 6.92 Å². The van der Waals surface area contributed by atoms with Gasteiger partial charge in [0.2, 0.25) is 11.7 Å². The van der Waals surface area contributed by atoms with Gasteiger partial charge in [0.05, 0.1) is 23.8 Å². The van der Waals surface area contributed by atoms with Crippen LogP contribution in [0.5, 0.6) is 5.88 Å². The lowest BCUT2D eigenvalue weighted by Gasteiger charge is -2.19. The molecular formula is C23H24N4O5. The minimum atomic E-state index is -0.693. The summed E-state index contributed by atoms with van der Waals surface area (Å²) >= 11 is 0. The second kappa shape index (κ2) is 9.51. The van der Waals surface area contributed by atoms with Gasteiger partial charge in [0, 0.05) is 11.3 Å². The van der Waals surface area contributed by atoms with Crippen LogP contribution in [0.4, 0.5) is 4.79 Å². The normalized spacial score (nSPS) is 11.1. The van der Waals surface area contributed by atoms with Crippen LogP contribution in [-0.2, 0) is 4.74 Å². The number of carbonyl (C=O) groups is 3. The number of aryl methyl sites for hydroxylation is 1. The van der Waals surface area contributed by atoms with E-state index in [0.717, 1.165) is 0 Å². The molecule has 0 fully saturated rings. The van der Waals surface area contributed by atoms with Gasteiger partial charge in [0.1, 0.15) is 17.9 Å². The lowest BCUT2D eigenvalue weighted by Crippen LogP contribution is -2.34. The molecule has 1 amide bonds. The number of ether oxygens (including phenoxy) is 2. The van der Waals surface area contributed by atoms with Crippen molar-refractivity contribution in [2.75, 3.05) is 13.2 Å². The van der Waals surface area contributed by atoms with Crippen molar-refractivity contribution in [3.63, 3.8) is 0 Å². The van der Waals surface area contributed by atoms with Crippen LogP contribution in [0.25, 0.3) is 11.0 Å². The van der Waals surface area contributed by atoms with Crippen molar-refractivity contribution in [3.8, 4) is 5.88 Å². The third-order valence-electron chi connectivity index (χ3n) is 4.13. The van der Waals surface area contributed by atoms with E-state index in [2.05, 4.69) is 20.3 Å². The van der Waals surface area contributed by atoms with E-state index in [1.54, 1.807) is 45.9 Å². The standard InChI is InChI=1S/C23H24N4O5/c1-14-6-5-7-17(26-14)21(29)20(28)15-8-9-16-18(12-15)27-19(13-25-16)31-11-10-24-22(30)32-23(2,3)4/h5-9,12-13H,10-11H2,1-4H3,(H,24,30). The average molecular weight is 436 g/mol. The topological polar surface area (TPSA) is 120 Å². The average Bonchev–Trinajstić information content (AvgIpc) is 2.74. The van der Waals surface area contributed by atoms with E-state index in [-0.39, 0.29) is 30.3 Å². The minimum Gasteiger partial charge on any atom is -0.475 e. The molecule has 0 bridgehead atoms. The summed E-state index contributed by atoms with van der Waals surface area (Å²) in [6, 6.07) is 9.56. The first-order valence-electron chi connectivity index (χ1n) is 10.0. The lowest BCUT2D eigenvalue weighted by atomic mass is 10.0. The zero-order valence-corrected chi connectivity index (χ0v) is 18.3. The van der Waals surface area contributed by atoms with E-state index >= 15 is 0 Å². The number of alkyl carbamates (subject to hydrolysis) is 1. The van der Waals surface area contributed by atoms with Gasteiger partial charge in [-0.15, -0.1) is 0 Å². The van der Waals surface area contributed by atoms with E-state index < -0.39 is 23.3 Å². The number of ketones is 2. The van der Waals surface area contributed by atoms with Gasteiger partial charge in [-0.2, -0.15) is 0 Å². The summed E-state index contributed by atoms with van der Waals surface area (Å²) in [7, 11) is 0. The van der Waals surface area contributed by atoms with Crippen molar-refractivity contribution in [1.82, 2.24) is 20.3 Å². The summed E-state index contributed by atoms with van der Waals surface area (Å²) in [4.78, 5) is 49.5. The van der Waals surface area contributed by atoms with Crippen LogP contribution in [-0.4, -0.2) is 51.4 Å². The van der Waals surface area contributed by atoms with Gasteiger partial charge < -0.3 is 14.8 Å². The zero-order chi connectivity index (χ0) is 23.3. The molecule has 0 saturated heterocycles. The number of nitrogens with one attached hydrogen (secondary N) is 1. The van der Waals surface area contributed by atoms with Crippen LogP contribution in [0.2, 0.25) is 0 Å². The Morgan fingerprint density at radius 3 is 2.50 bits per heavy atom. The molecule has 0 aliphatic heterocycles. The molecule has 3 rings (SSSR count). The van der Waals surface area contributed by atoms with Crippen LogP contribution in [0.3, 0.4) is 0 Å². The number of benzene rings is 1. The molecule has 9 nitrogen and oxygen atoms in total. The minimum absolute atomic E-state index is 0.0933. The maximum absolute atomic E-state index is 12.6. The second-order valence-electron chi connectivity index (χ2n) is 8.01. The van der Waals surface area contributed by atoms with Crippen molar-refractivity contribution in [3.05, 3.63) is 59.5 Å². The Balaban J connectivity index is 1.66. The fourth-order valence-electron chi connectivity index (χ4n) is 2.75. The Morgan fingerprint density at radius 1 is 1.00 bits per heavy atom. The number of carbonyl (C=O) groups excluding carboxylic acids is 3. The van der Waals surface area contributed by atoms with E-state index in [1.807, 2.05) is 0 Å². The molecule has 1 N–H and O–H groups in total. The maximum Gasteiger partial charge on any atom is 0.407 e. The first-order valence-corrected chi connectivity index (χ1v) is 10.0. The van der Waals surface area contributed by atoms with E-state index in [4.69, 9.17) is 9.47 Å². The number of pyridine rings is 1. The molecule has 0 unspecified atom stereocenters. The molecule has 32 heavy (non-hydrogen) atoms. The van der Waals surface area contributed by atoms with Gasteiger partial charge in [0.25, 0.3) is 5.78 Å².